The Kier molecular flexibility index (Phi) is 4.57. The molecule has 1 aliphatic heterocycles. The molecule has 3 rings (SSSR count). The van der Waals surface area contributed by atoms with Crippen molar-refractivity contribution in [3.63, 3.8) is 0 Å². The minimum Gasteiger partial charge on any atom is -0.394 e. The molecule has 8 heteroatoms. The summed E-state index contributed by atoms with van der Waals surface area (Å²) in [6.07, 6.45) is -3.10. The summed E-state index contributed by atoms with van der Waals surface area (Å²) in [5, 5.41) is 29.9. The van der Waals surface area contributed by atoms with Crippen molar-refractivity contribution in [1.29, 1.82) is 0 Å². The SMILES string of the molecule is O=c1ccn([C@]2(C#Cc3ccccc3)O[C@H](CO)[C@@H](O)[C@H]2O)c(=O)[nH]1. The van der Waals surface area contributed by atoms with Crippen LogP contribution in [-0.2, 0) is 10.5 Å². The summed E-state index contributed by atoms with van der Waals surface area (Å²) < 4.78 is 6.47. The molecule has 1 aromatic carbocycles. The molecule has 130 valence electrons. The first kappa shape index (κ1) is 17.1. The van der Waals surface area contributed by atoms with E-state index in [0.717, 1.165) is 16.8 Å². The molecule has 25 heavy (non-hydrogen) atoms. The Labute approximate surface area is 142 Å². The minimum absolute atomic E-state index is 0.578. The van der Waals surface area contributed by atoms with Crippen LogP contribution in [0.25, 0.3) is 0 Å². The molecule has 2 aromatic rings. The van der Waals surface area contributed by atoms with Crippen molar-refractivity contribution in [1.82, 2.24) is 9.55 Å². The molecule has 8 nitrogen and oxygen atoms in total. The van der Waals surface area contributed by atoms with Gasteiger partial charge in [-0.1, -0.05) is 24.1 Å². The lowest BCUT2D eigenvalue weighted by molar-refractivity contribution is -0.107. The molecule has 0 bridgehead atoms. The number of ether oxygens (including phenoxy) is 1. The highest BCUT2D eigenvalue weighted by atomic mass is 16.6. The molecule has 0 unspecified atom stereocenters. The zero-order valence-corrected chi connectivity index (χ0v) is 13.0. The molecular weight excluding hydrogens is 328 g/mol. The molecule has 1 saturated heterocycles. The molecule has 0 saturated carbocycles. The van der Waals surface area contributed by atoms with Crippen LogP contribution in [-0.4, -0.2) is 49.8 Å². The summed E-state index contributed by atoms with van der Waals surface area (Å²) in [4.78, 5) is 25.6. The summed E-state index contributed by atoms with van der Waals surface area (Å²) in [5.74, 6) is 5.46. The van der Waals surface area contributed by atoms with Gasteiger partial charge in [0.25, 0.3) is 5.56 Å². The van der Waals surface area contributed by atoms with Crippen molar-refractivity contribution in [2.24, 2.45) is 0 Å². The number of aromatic nitrogens is 2. The number of nitrogens with zero attached hydrogens (tertiary/aromatic N) is 1. The Balaban J connectivity index is 2.18. The number of hydrogen-bond donors (Lipinski definition) is 4. The molecule has 4 N–H and O–H groups in total. The topological polar surface area (TPSA) is 125 Å². The second-order valence-electron chi connectivity index (χ2n) is 5.57. The van der Waals surface area contributed by atoms with Crippen molar-refractivity contribution in [3.8, 4) is 11.8 Å². The van der Waals surface area contributed by atoms with E-state index in [-0.39, 0.29) is 0 Å². The van der Waals surface area contributed by atoms with Gasteiger partial charge in [0.1, 0.15) is 18.3 Å². The van der Waals surface area contributed by atoms with Crippen LogP contribution >= 0.6 is 0 Å². The highest BCUT2D eigenvalue weighted by Gasteiger charge is 2.55. The van der Waals surface area contributed by atoms with Crippen LogP contribution in [0.15, 0.2) is 52.2 Å². The summed E-state index contributed by atoms with van der Waals surface area (Å²) in [7, 11) is 0. The number of nitrogens with one attached hydrogen (secondary N) is 1. The minimum atomic E-state index is -1.95. The van der Waals surface area contributed by atoms with E-state index in [1.165, 1.54) is 0 Å². The van der Waals surface area contributed by atoms with E-state index in [1.807, 2.05) is 0 Å². The Morgan fingerprint density at radius 2 is 1.92 bits per heavy atom. The van der Waals surface area contributed by atoms with Crippen LogP contribution in [0, 0.1) is 11.8 Å². The number of rotatable bonds is 2. The molecule has 0 spiro atoms. The Hall–Kier alpha value is -2.70. The van der Waals surface area contributed by atoms with E-state index in [2.05, 4.69) is 16.8 Å². The maximum atomic E-state index is 12.2. The largest absolute Gasteiger partial charge is 0.394 e. The molecule has 4 atom stereocenters. The van der Waals surface area contributed by atoms with Gasteiger partial charge in [0.15, 0.2) is 0 Å². The zero-order valence-electron chi connectivity index (χ0n) is 13.0. The van der Waals surface area contributed by atoms with Gasteiger partial charge >= 0.3 is 5.69 Å². The van der Waals surface area contributed by atoms with Gasteiger partial charge < -0.3 is 20.1 Å². The number of benzene rings is 1. The lowest BCUT2D eigenvalue weighted by Gasteiger charge is -2.28. The van der Waals surface area contributed by atoms with E-state index in [9.17, 15) is 24.9 Å². The lowest BCUT2D eigenvalue weighted by Crippen LogP contribution is -2.50. The van der Waals surface area contributed by atoms with Gasteiger partial charge in [0.05, 0.1) is 6.61 Å². The van der Waals surface area contributed by atoms with Gasteiger partial charge in [-0.25, -0.2) is 4.79 Å². The molecule has 2 heterocycles. The maximum Gasteiger partial charge on any atom is 0.331 e. The standard InChI is InChI=1S/C17H16N2O6/c20-10-12-14(22)15(23)17(25-12,8-6-11-4-2-1-3-5-11)19-9-7-13(21)18-16(19)24/h1-5,7,9,12,14-15,20,22-23H,10H2,(H,18,21,24)/t12-,14-,15-,17-/m1/s1. The average molecular weight is 344 g/mol. The number of aliphatic hydroxyl groups excluding tert-OH is 3. The third-order valence-corrected chi connectivity index (χ3v) is 3.96. The average Bonchev–Trinajstić information content (AvgIpc) is 2.86. The Morgan fingerprint density at radius 3 is 2.52 bits per heavy atom. The summed E-state index contributed by atoms with van der Waals surface area (Å²) in [5.41, 5.74) is -2.85. The van der Waals surface area contributed by atoms with Gasteiger partial charge in [0, 0.05) is 17.8 Å². The third kappa shape index (κ3) is 3.01. The quantitative estimate of drug-likeness (QED) is 0.484. The summed E-state index contributed by atoms with van der Waals surface area (Å²) in [6.45, 7) is -0.578. The molecule has 1 fully saturated rings. The van der Waals surface area contributed by atoms with Crippen LogP contribution in [0.1, 0.15) is 5.56 Å². The Bertz CT molecular complexity index is 926. The van der Waals surface area contributed by atoms with Crippen LogP contribution in [0.3, 0.4) is 0 Å². The molecule has 1 aliphatic rings. The molecular formula is C17H16N2O6. The van der Waals surface area contributed by atoms with Gasteiger partial charge in [0.2, 0.25) is 5.72 Å². The van der Waals surface area contributed by atoms with Gasteiger partial charge in [-0.05, 0) is 18.1 Å². The van der Waals surface area contributed by atoms with Crippen LogP contribution in [0.5, 0.6) is 0 Å². The van der Waals surface area contributed by atoms with E-state index in [0.29, 0.717) is 5.56 Å². The zero-order chi connectivity index (χ0) is 18.0. The molecule has 0 radical (unpaired) electrons. The Morgan fingerprint density at radius 1 is 1.20 bits per heavy atom. The van der Waals surface area contributed by atoms with Gasteiger partial charge in [-0.2, -0.15) is 0 Å². The second-order valence-corrected chi connectivity index (χ2v) is 5.57. The van der Waals surface area contributed by atoms with Crippen LogP contribution < -0.4 is 11.2 Å². The first-order valence-corrected chi connectivity index (χ1v) is 7.53. The lowest BCUT2D eigenvalue weighted by atomic mass is 10.0. The highest BCUT2D eigenvalue weighted by molar-refractivity contribution is 5.36. The fourth-order valence-electron chi connectivity index (χ4n) is 2.68. The summed E-state index contributed by atoms with van der Waals surface area (Å²) >= 11 is 0. The number of hydrogen-bond acceptors (Lipinski definition) is 6. The summed E-state index contributed by atoms with van der Waals surface area (Å²) in [6, 6.07) is 9.84. The predicted molar refractivity (Wildman–Crippen MR) is 86.6 cm³/mol. The first-order chi connectivity index (χ1) is 12.0. The van der Waals surface area contributed by atoms with Crippen molar-refractivity contribution >= 4 is 0 Å². The fourth-order valence-corrected chi connectivity index (χ4v) is 2.68. The van der Waals surface area contributed by atoms with Gasteiger partial charge in [-0.15, -0.1) is 0 Å². The molecule has 0 amide bonds. The van der Waals surface area contributed by atoms with E-state index >= 15 is 0 Å². The van der Waals surface area contributed by atoms with Crippen molar-refractivity contribution in [2.45, 2.75) is 24.0 Å². The van der Waals surface area contributed by atoms with Crippen molar-refractivity contribution in [3.05, 3.63) is 69.0 Å². The van der Waals surface area contributed by atoms with Crippen LogP contribution in [0.4, 0.5) is 0 Å². The normalized spacial score (nSPS) is 28.4. The molecule has 0 aliphatic carbocycles. The second kappa shape index (κ2) is 6.66. The fraction of sp³-hybridized carbons (Fsp3) is 0.294. The number of aromatic amines is 1. The smallest absolute Gasteiger partial charge is 0.331 e. The maximum absolute atomic E-state index is 12.2. The first-order valence-electron chi connectivity index (χ1n) is 7.53. The number of aliphatic hydroxyl groups is 3. The monoisotopic (exact) mass is 344 g/mol. The van der Waals surface area contributed by atoms with E-state index in [1.54, 1.807) is 30.3 Å². The van der Waals surface area contributed by atoms with Crippen molar-refractivity contribution < 1.29 is 20.1 Å². The predicted octanol–water partition coefficient (Wildman–Crippen LogP) is -1.65. The van der Waals surface area contributed by atoms with E-state index < -0.39 is 41.9 Å². The highest BCUT2D eigenvalue weighted by Crippen LogP contribution is 2.34. The third-order valence-electron chi connectivity index (χ3n) is 3.96. The number of H-pyrrole nitrogens is 1. The van der Waals surface area contributed by atoms with E-state index in [4.69, 9.17) is 4.74 Å². The van der Waals surface area contributed by atoms with Crippen molar-refractivity contribution in [2.75, 3.05) is 6.61 Å². The molecule has 1 aromatic heterocycles. The van der Waals surface area contributed by atoms with Gasteiger partial charge in [-0.3, -0.25) is 14.3 Å². The van der Waals surface area contributed by atoms with Crippen LogP contribution in [0.2, 0.25) is 0 Å².